The van der Waals surface area contributed by atoms with Crippen LogP contribution >= 0.6 is 0 Å². The molecule has 2 aromatic carbocycles. The molecule has 8 heteroatoms. The van der Waals surface area contributed by atoms with E-state index < -0.39 is 11.9 Å². The standard InChI is InChI=1S/C18H19F2NO.C4H4O4/c1-21-11-10-18(22-14-8-6-13(19)7-9-14)16(12-21)15-4-2-3-5-17(15)20;5-3(6)1-2-4(7)8/h2-9,16,18H,10-12H2,1H3;1-2H,(H,5,6)(H,7,8)/t16-,18+;/m0./s1. The lowest BCUT2D eigenvalue weighted by atomic mass is 9.87. The number of nitrogens with zero attached hydrogens (tertiary/aromatic N) is 1. The molecule has 2 N–H and O–H groups in total. The van der Waals surface area contributed by atoms with Crippen molar-refractivity contribution in [1.82, 2.24) is 4.90 Å². The maximum absolute atomic E-state index is 14.1. The molecule has 0 aliphatic carbocycles. The summed E-state index contributed by atoms with van der Waals surface area (Å²) in [6, 6.07) is 12.8. The van der Waals surface area contributed by atoms with Crippen molar-refractivity contribution in [3.05, 3.63) is 77.9 Å². The number of likely N-dealkylation sites (N-methyl/N-ethyl adjacent to an activating group) is 1. The molecule has 0 bridgehead atoms. The Labute approximate surface area is 173 Å². The third kappa shape index (κ3) is 7.29. The number of hydrogen-bond donors (Lipinski definition) is 2. The summed E-state index contributed by atoms with van der Waals surface area (Å²) in [6.45, 7) is 1.64. The Morgan fingerprint density at radius 3 is 2.20 bits per heavy atom. The fourth-order valence-corrected chi connectivity index (χ4v) is 3.14. The molecule has 1 saturated heterocycles. The molecule has 0 spiro atoms. The highest BCUT2D eigenvalue weighted by atomic mass is 19.1. The molecule has 1 aliphatic heterocycles. The van der Waals surface area contributed by atoms with Gasteiger partial charge in [-0.3, -0.25) is 0 Å². The molecular formula is C22H23F2NO5. The van der Waals surface area contributed by atoms with Gasteiger partial charge in [0.2, 0.25) is 0 Å². The second-order valence-electron chi connectivity index (χ2n) is 6.80. The van der Waals surface area contributed by atoms with E-state index in [1.807, 2.05) is 19.2 Å². The van der Waals surface area contributed by atoms with Crippen LogP contribution in [-0.2, 0) is 9.59 Å². The lowest BCUT2D eigenvalue weighted by Crippen LogP contribution is -2.42. The number of halogens is 2. The molecule has 1 aliphatic rings. The van der Waals surface area contributed by atoms with Gasteiger partial charge in [0.1, 0.15) is 23.5 Å². The number of carboxylic acid groups (broad SMARTS) is 2. The van der Waals surface area contributed by atoms with E-state index in [0.717, 1.165) is 19.5 Å². The van der Waals surface area contributed by atoms with Gasteiger partial charge in [-0.15, -0.1) is 0 Å². The molecule has 0 saturated carbocycles. The number of benzene rings is 2. The van der Waals surface area contributed by atoms with E-state index in [4.69, 9.17) is 14.9 Å². The fourth-order valence-electron chi connectivity index (χ4n) is 3.14. The van der Waals surface area contributed by atoms with Crippen LogP contribution in [0.1, 0.15) is 17.9 Å². The lowest BCUT2D eigenvalue weighted by molar-refractivity contribution is -0.134. The molecule has 0 aromatic heterocycles. The highest BCUT2D eigenvalue weighted by Gasteiger charge is 2.32. The van der Waals surface area contributed by atoms with Gasteiger partial charge in [0, 0.05) is 31.2 Å². The van der Waals surface area contributed by atoms with Crippen LogP contribution in [-0.4, -0.2) is 53.3 Å². The molecule has 2 atom stereocenters. The first-order valence-corrected chi connectivity index (χ1v) is 9.25. The van der Waals surface area contributed by atoms with Gasteiger partial charge in [-0.25, -0.2) is 18.4 Å². The third-order valence-electron chi connectivity index (χ3n) is 4.53. The number of carboxylic acids is 2. The Bertz CT molecular complexity index is 869. The van der Waals surface area contributed by atoms with Gasteiger partial charge in [-0.1, -0.05) is 18.2 Å². The Kier molecular flexibility index (Phi) is 8.49. The zero-order valence-corrected chi connectivity index (χ0v) is 16.4. The van der Waals surface area contributed by atoms with Gasteiger partial charge in [0.25, 0.3) is 0 Å². The van der Waals surface area contributed by atoms with Crippen molar-refractivity contribution in [2.45, 2.75) is 18.4 Å². The average molecular weight is 419 g/mol. The molecule has 3 rings (SSSR count). The zero-order valence-electron chi connectivity index (χ0n) is 16.4. The molecule has 6 nitrogen and oxygen atoms in total. The first-order chi connectivity index (χ1) is 14.3. The molecule has 0 amide bonds. The van der Waals surface area contributed by atoms with Crippen molar-refractivity contribution in [3.63, 3.8) is 0 Å². The number of likely N-dealkylation sites (tertiary alicyclic amines) is 1. The summed E-state index contributed by atoms with van der Waals surface area (Å²) >= 11 is 0. The quantitative estimate of drug-likeness (QED) is 0.721. The number of ether oxygens (including phenoxy) is 1. The van der Waals surface area contributed by atoms with Crippen LogP contribution in [0.4, 0.5) is 8.78 Å². The van der Waals surface area contributed by atoms with Gasteiger partial charge >= 0.3 is 11.9 Å². The van der Waals surface area contributed by atoms with Crippen molar-refractivity contribution in [1.29, 1.82) is 0 Å². The Morgan fingerprint density at radius 1 is 1.03 bits per heavy atom. The van der Waals surface area contributed by atoms with Crippen LogP contribution in [0.3, 0.4) is 0 Å². The van der Waals surface area contributed by atoms with Gasteiger partial charge in [-0.05, 0) is 49.4 Å². The van der Waals surface area contributed by atoms with Crippen LogP contribution in [0.5, 0.6) is 5.75 Å². The van der Waals surface area contributed by atoms with Crippen molar-refractivity contribution < 1.29 is 33.3 Å². The second kappa shape index (κ2) is 11.1. The van der Waals surface area contributed by atoms with E-state index in [1.54, 1.807) is 18.2 Å². The molecule has 0 unspecified atom stereocenters. The largest absolute Gasteiger partial charge is 0.490 e. The normalized spacial score (nSPS) is 19.0. The van der Waals surface area contributed by atoms with Gasteiger partial charge in [0.15, 0.2) is 0 Å². The first-order valence-electron chi connectivity index (χ1n) is 9.25. The monoisotopic (exact) mass is 419 g/mol. The number of hydrogen-bond acceptors (Lipinski definition) is 4. The Hall–Kier alpha value is -3.26. The number of carbonyl (C=O) groups is 2. The number of aliphatic carboxylic acids is 2. The summed E-state index contributed by atoms with van der Waals surface area (Å²) in [5.74, 6) is -2.42. The summed E-state index contributed by atoms with van der Waals surface area (Å²) < 4.78 is 33.2. The van der Waals surface area contributed by atoms with E-state index >= 15 is 0 Å². The van der Waals surface area contributed by atoms with Crippen molar-refractivity contribution in [2.24, 2.45) is 0 Å². The molecule has 0 radical (unpaired) electrons. The van der Waals surface area contributed by atoms with Crippen LogP contribution < -0.4 is 4.74 Å². The maximum Gasteiger partial charge on any atom is 0.328 e. The van der Waals surface area contributed by atoms with Crippen LogP contribution in [0, 0.1) is 11.6 Å². The number of rotatable bonds is 5. The molecular weight excluding hydrogens is 396 g/mol. The van der Waals surface area contributed by atoms with Crippen molar-refractivity contribution in [2.75, 3.05) is 20.1 Å². The third-order valence-corrected chi connectivity index (χ3v) is 4.53. The lowest BCUT2D eigenvalue weighted by Gasteiger charge is -2.37. The molecule has 1 fully saturated rings. The molecule has 1 heterocycles. The Balaban J connectivity index is 0.000000343. The summed E-state index contributed by atoms with van der Waals surface area (Å²) in [6.07, 6.45) is 1.82. The fraction of sp³-hybridized carbons (Fsp3) is 0.273. The summed E-state index contributed by atoms with van der Waals surface area (Å²) in [5, 5.41) is 15.6. The predicted octanol–water partition coefficient (Wildman–Crippen LogP) is 3.54. The highest BCUT2D eigenvalue weighted by molar-refractivity contribution is 5.89. The van der Waals surface area contributed by atoms with Crippen LogP contribution in [0.25, 0.3) is 0 Å². The number of piperidine rings is 1. The van der Waals surface area contributed by atoms with E-state index in [1.165, 1.54) is 18.2 Å². The molecule has 160 valence electrons. The minimum absolute atomic E-state index is 0.0370. The highest BCUT2D eigenvalue weighted by Crippen LogP contribution is 2.31. The minimum Gasteiger partial charge on any atom is -0.490 e. The zero-order chi connectivity index (χ0) is 22.1. The summed E-state index contributed by atoms with van der Waals surface area (Å²) in [5.41, 5.74) is 0.682. The van der Waals surface area contributed by atoms with E-state index in [2.05, 4.69) is 4.90 Å². The van der Waals surface area contributed by atoms with E-state index in [9.17, 15) is 18.4 Å². The smallest absolute Gasteiger partial charge is 0.328 e. The van der Waals surface area contributed by atoms with E-state index in [-0.39, 0.29) is 23.7 Å². The predicted molar refractivity (Wildman–Crippen MR) is 106 cm³/mol. The topological polar surface area (TPSA) is 87.1 Å². The first kappa shape index (κ1) is 23.0. The van der Waals surface area contributed by atoms with Gasteiger partial charge in [-0.2, -0.15) is 0 Å². The van der Waals surface area contributed by atoms with Gasteiger partial charge < -0.3 is 19.8 Å². The van der Waals surface area contributed by atoms with E-state index in [0.29, 0.717) is 23.5 Å². The maximum atomic E-state index is 14.1. The minimum atomic E-state index is -1.26. The van der Waals surface area contributed by atoms with Gasteiger partial charge in [0.05, 0.1) is 0 Å². The average Bonchev–Trinajstić information content (AvgIpc) is 2.70. The second-order valence-corrected chi connectivity index (χ2v) is 6.80. The van der Waals surface area contributed by atoms with Crippen LogP contribution in [0.2, 0.25) is 0 Å². The SMILES string of the molecule is CN1CC[C@@H](Oc2ccc(F)cc2)[C@H](c2ccccc2F)C1.O=C(O)C=CC(=O)O. The van der Waals surface area contributed by atoms with Crippen molar-refractivity contribution in [3.8, 4) is 5.75 Å². The summed E-state index contributed by atoms with van der Waals surface area (Å²) in [7, 11) is 2.03. The molecule has 2 aromatic rings. The molecule has 30 heavy (non-hydrogen) atoms. The van der Waals surface area contributed by atoms with Crippen molar-refractivity contribution >= 4 is 11.9 Å². The van der Waals surface area contributed by atoms with Crippen LogP contribution in [0.15, 0.2) is 60.7 Å². The Morgan fingerprint density at radius 2 is 1.63 bits per heavy atom. The summed E-state index contributed by atoms with van der Waals surface area (Å²) in [4.78, 5) is 21.3.